The van der Waals surface area contributed by atoms with Gasteiger partial charge in [-0.1, -0.05) is 10.3 Å². The molecule has 0 amide bonds. The van der Waals surface area contributed by atoms with E-state index in [1.807, 2.05) is 25.1 Å². The van der Waals surface area contributed by atoms with Gasteiger partial charge < -0.3 is 9.47 Å². The summed E-state index contributed by atoms with van der Waals surface area (Å²) >= 11 is 0. The van der Waals surface area contributed by atoms with Crippen molar-refractivity contribution in [2.45, 2.75) is 13.5 Å². The van der Waals surface area contributed by atoms with Gasteiger partial charge in [-0.05, 0) is 25.1 Å². The van der Waals surface area contributed by atoms with Crippen molar-refractivity contribution < 1.29 is 4.63 Å². The van der Waals surface area contributed by atoms with Crippen LogP contribution >= 0.6 is 0 Å². The van der Waals surface area contributed by atoms with Crippen LogP contribution in [0.25, 0.3) is 10.9 Å². The fourth-order valence-corrected chi connectivity index (χ4v) is 3.16. The number of aryl methyl sites for hydroxylation is 2. The molecule has 0 radical (unpaired) electrons. The molecule has 0 N–H and O–H groups in total. The second kappa shape index (κ2) is 6.29. The SMILES string of the molecule is Cc1nonc1CN1CCN(c2ccc3c(=O)n(C)cnc3c2)CC1. The monoisotopic (exact) mass is 340 g/mol. The van der Waals surface area contributed by atoms with Gasteiger partial charge in [-0.2, -0.15) is 0 Å². The lowest BCUT2D eigenvalue weighted by Gasteiger charge is -2.35. The van der Waals surface area contributed by atoms with Gasteiger partial charge in [-0.15, -0.1) is 0 Å². The lowest BCUT2D eigenvalue weighted by atomic mass is 10.2. The van der Waals surface area contributed by atoms with Crippen LogP contribution in [0.3, 0.4) is 0 Å². The highest BCUT2D eigenvalue weighted by molar-refractivity contribution is 5.81. The van der Waals surface area contributed by atoms with Gasteiger partial charge in [-0.3, -0.25) is 9.69 Å². The normalized spacial score (nSPS) is 15.8. The molecule has 3 aromatic rings. The van der Waals surface area contributed by atoms with Gasteiger partial charge in [0.2, 0.25) is 0 Å². The maximum Gasteiger partial charge on any atom is 0.260 e. The van der Waals surface area contributed by atoms with Crippen molar-refractivity contribution in [1.82, 2.24) is 24.8 Å². The molecule has 8 heteroatoms. The van der Waals surface area contributed by atoms with E-state index >= 15 is 0 Å². The van der Waals surface area contributed by atoms with E-state index < -0.39 is 0 Å². The summed E-state index contributed by atoms with van der Waals surface area (Å²) in [7, 11) is 1.72. The van der Waals surface area contributed by atoms with Crippen LogP contribution in [0.2, 0.25) is 0 Å². The first-order valence-corrected chi connectivity index (χ1v) is 8.32. The Kier molecular flexibility index (Phi) is 3.96. The van der Waals surface area contributed by atoms with Gasteiger partial charge in [0.25, 0.3) is 5.56 Å². The topological polar surface area (TPSA) is 80.3 Å². The maximum atomic E-state index is 12.1. The first-order chi connectivity index (χ1) is 12.1. The van der Waals surface area contributed by atoms with E-state index in [0.717, 1.165) is 55.3 Å². The lowest BCUT2D eigenvalue weighted by molar-refractivity contribution is 0.237. The molecule has 4 rings (SSSR count). The fourth-order valence-electron chi connectivity index (χ4n) is 3.16. The predicted molar refractivity (Wildman–Crippen MR) is 93.5 cm³/mol. The van der Waals surface area contributed by atoms with Gasteiger partial charge in [0.15, 0.2) is 0 Å². The Hall–Kier alpha value is -2.74. The molecule has 25 heavy (non-hydrogen) atoms. The number of nitrogens with zero attached hydrogens (tertiary/aromatic N) is 6. The van der Waals surface area contributed by atoms with Crippen molar-refractivity contribution in [2.75, 3.05) is 31.1 Å². The minimum absolute atomic E-state index is 0.0158. The van der Waals surface area contributed by atoms with E-state index in [1.165, 1.54) is 4.57 Å². The predicted octanol–water partition coefficient (Wildman–Crippen LogP) is 0.947. The standard InChI is InChI=1S/C17H20N6O2/c1-12-16(20-25-19-12)10-22-5-7-23(8-6-22)13-3-4-14-15(9-13)18-11-21(2)17(14)24/h3-4,9,11H,5-8,10H2,1-2H3. The zero-order valence-electron chi connectivity index (χ0n) is 14.3. The molecule has 2 aromatic heterocycles. The van der Waals surface area contributed by atoms with Crippen LogP contribution in [0.5, 0.6) is 0 Å². The summed E-state index contributed by atoms with van der Waals surface area (Å²) in [6.07, 6.45) is 1.57. The van der Waals surface area contributed by atoms with Crippen molar-refractivity contribution in [3.63, 3.8) is 0 Å². The number of hydrogen-bond acceptors (Lipinski definition) is 7. The molecule has 130 valence electrons. The molecule has 0 saturated carbocycles. The van der Waals surface area contributed by atoms with Gasteiger partial charge in [0, 0.05) is 45.5 Å². The first-order valence-electron chi connectivity index (χ1n) is 8.32. The van der Waals surface area contributed by atoms with Gasteiger partial charge in [0.1, 0.15) is 11.4 Å². The van der Waals surface area contributed by atoms with Gasteiger partial charge in [-0.25, -0.2) is 9.61 Å². The zero-order valence-corrected chi connectivity index (χ0v) is 14.3. The smallest absolute Gasteiger partial charge is 0.260 e. The molecule has 1 fully saturated rings. The third-order valence-electron chi connectivity index (χ3n) is 4.76. The van der Waals surface area contributed by atoms with E-state index in [1.54, 1.807) is 13.4 Å². The molecule has 1 aliphatic heterocycles. The molecular weight excluding hydrogens is 320 g/mol. The number of hydrogen-bond donors (Lipinski definition) is 0. The van der Waals surface area contributed by atoms with Crippen molar-refractivity contribution >= 4 is 16.6 Å². The summed E-state index contributed by atoms with van der Waals surface area (Å²) in [4.78, 5) is 21.2. The lowest BCUT2D eigenvalue weighted by Crippen LogP contribution is -2.46. The Morgan fingerprint density at radius 2 is 1.96 bits per heavy atom. The molecule has 0 unspecified atom stereocenters. The van der Waals surface area contributed by atoms with Crippen LogP contribution in [0, 0.1) is 6.92 Å². The second-order valence-electron chi connectivity index (χ2n) is 6.42. The third-order valence-corrected chi connectivity index (χ3v) is 4.76. The van der Waals surface area contributed by atoms with E-state index in [9.17, 15) is 4.79 Å². The summed E-state index contributed by atoms with van der Waals surface area (Å²) in [6.45, 7) is 6.39. The summed E-state index contributed by atoms with van der Waals surface area (Å²) < 4.78 is 6.27. The van der Waals surface area contributed by atoms with Crippen LogP contribution in [0.1, 0.15) is 11.4 Å². The summed E-state index contributed by atoms with van der Waals surface area (Å²) in [6, 6.07) is 5.88. The number of rotatable bonds is 3. The summed E-state index contributed by atoms with van der Waals surface area (Å²) in [5, 5.41) is 8.44. The van der Waals surface area contributed by atoms with Crippen LogP contribution < -0.4 is 10.5 Å². The van der Waals surface area contributed by atoms with Crippen molar-refractivity contribution in [3.8, 4) is 0 Å². The Labute approximate surface area is 144 Å². The number of aromatic nitrogens is 4. The molecular formula is C17H20N6O2. The van der Waals surface area contributed by atoms with Crippen molar-refractivity contribution in [2.24, 2.45) is 7.05 Å². The average Bonchev–Trinajstić information content (AvgIpc) is 3.03. The fraction of sp³-hybridized carbons (Fsp3) is 0.412. The Bertz CT molecular complexity index is 955. The molecule has 0 atom stereocenters. The Balaban J connectivity index is 1.47. The van der Waals surface area contributed by atoms with Gasteiger partial charge >= 0.3 is 0 Å². The number of anilines is 1. The summed E-state index contributed by atoms with van der Waals surface area (Å²) in [5.74, 6) is 0. The van der Waals surface area contributed by atoms with Crippen LogP contribution in [0.15, 0.2) is 33.9 Å². The largest absolute Gasteiger partial charge is 0.369 e. The van der Waals surface area contributed by atoms with Gasteiger partial charge in [0.05, 0.1) is 17.2 Å². The van der Waals surface area contributed by atoms with E-state index in [0.29, 0.717) is 5.39 Å². The number of piperazine rings is 1. The Morgan fingerprint density at radius 1 is 1.16 bits per heavy atom. The second-order valence-corrected chi connectivity index (χ2v) is 6.42. The zero-order chi connectivity index (χ0) is 17.4. The molecule has 0 aliphatic carbocycles. The van der Waals surface area contributed by atoms with Crippen LogP contribution in [-0.2, 0) is 13.6 Å². The highest BCUT2D eigenvalue weighted by Crippen LogP contribution is 2.21. The molecule has 0 spiro atoms. The molecule has 1 saturated heterocycles. The quantitative estimate of drug-likeness (QED) is 0.702. The summed E-state index contributed by atoms with van der Waals surface area (Å²) in [5.41, 5.74) is 3.58. The molecule has 3 heterocycles. The van der Waals surface area contributed by atoms with Crippen LogP contribution in [-0.4, -0.2) is 50.9 Å². The van der Waals surface area contributed by atoms with Crippen molar-refractivity contribution in [1.29, 1.82) is 0 Å². The molecule has 0 bridgehead atoms. The number of benzene rings is 1. The highest BCUT2D eigenvalue weighted by atomic mass is 16.6. The maximum absolute atomic E-state index is 12.1. The molecule has 8 nitrogen and oxygen atoms in total. The minimum atomic E-state index is -0.0158. The highest BCUT2D eigenvalue weighted by Gasteiger charge is 2.20. The van der Waals surface area contributed by atoms with E-state index in [-0.39, 0.29) is 5.56 Å². The van der Waals surface area contributed by atoms with Crippen molar-refractivity contribution in [3.05, 3.63) is 46.3 Å². The molecule has 1 aromatic carbocycles. The average molecular weight is 340 g/mol. The van der Waals surface area contributed by atoms with E-state index in [2.05, 4.69) is 25.1 Å². The number of fused-ring (bicyclic) bond motifs is 1. The third kappa shape index (κ3) is 3.00. The first kappa shape index (κ1) is 15.8. The van der Waals surface area contributed by atoms with E-state index in [4.69, 9.17) is 4.63 Å². The Morgan fingerprint density at radius 3 is 2.68 bits per heavy atom. The molecule has 1 aliphatic rings. The van der Waals surface area contributed by atoms with Crippen LogP contribution in [0.4, 0.5) is 5.69 Å². The minimum Gasteiger partial charge on any atom is -0.369 e.